The van der Waals surface area contributed by atoms with Crippen molar-refractivity contribution in [1.82, 2.24) is 4.90 Å². The topological polar surface area (TPSA) is 67.9 Å². The molecule has 152 valence electrons. The third-order valence-electron chi connectivity index (χ3n) is 5.08. The lowest BCUT2D eigenvalue weighted by Gasteiger charge is -2.15. The molecule has 0 spiro atoms. The molecule has 3 rings (SSSR count). The Morgan fingerprint density at radius 3 is 2.31 bits per heavy atom. The smallest absolute Gasteiger partial charge is 0.278 e. The van der Waals surface area contributed by atoms with Gasteiger partial charge in [-0.1, -0.05) is 25.1 Å². The number of hydrogen-bond acceptors (Lipinski definition) is 5. The largest absolute Gasteiger partial charge is 0.497 e. The highest BCUT2D eigenvalue weighted by Gasteiger charge is 2.39. The van der Waals surface area contributed by atoms with E-state index in [4.69, 9.17) is 9.47 Å². The van der Waals surface area contributed by atoms with E-state index < -0.39 is 0 Å². The number of benzene rings is 2. The number of hydrogen-bond donors (Lipinski definition) is 1. The Labute approximate surface area is 171 Å². The van der Waals surface area contributed by atoms with Crippen LogP contribution in [0.4, 0.5) is 5.69 Å². The molecule has 0 atom stereocenters. The van der Waals surface area contributed by atoms with Gasteiger partial charge in [-0.2, -0.15) is 0 Å². The molecule has 1 N–H and O–H groups in total. The number of methoxy groups -OCH3 is 2. The van der Waals surface area contributed by atoms with Gasteiger partial charge >= 0.3 is 0 Å². The van der Waals surface area contributed by atoms with Crippen LogP contribution in [0.2, 0.25) is 0 Å². The Kier molecular flexibility index (Phi) is 5.92. The van der Waals surface area contributed by atoms with Gasteiger partial charge in [0.25, 0.3) is 11.8 Å². The highest BCUT2D eigenvalue weighted by atomic mass is 16.5. The van der Waals surface area contributed by atoms with Crippen molar-refractivity contribution in [3.05, 3.63) is 58.8 Å². The predicted molar refractivity (Wildman–Crippen MR) is 113 cm³/mol. The van der Waals surface area contributed by atoms with E-state index in [0.717, 1.165) is 16.7 Å². The summed E-state index contributed by atoms with van der Waals surface area (Å²) in [5.41, 5.74) is 4.14. The first-order valence-corrected chi connectivity index (χ1v) is 9.58. The molecule has 2 amide bonds. The number of carbonyl (C=O) groups excluding carboxylic acids is 2. The first-order valence-electron chi connectivity index (χ1n) is 9.58. The summed E-state index contributed by atoms with van der Waals surface area (Å²) in [6.45, 7) is 6.31. The SMILES string of the molecule is CCCN1C(=O)C(Nc2ccc(OC)cc2OC)=C(c2ccc(C)c(C)c2)C1=O. The zero-order valence-corrected chi connectivity index (χ0v) is 17.5. The van der Waals surface area contributed by atoms with Gasteiger partial charge in [-0.05, 0) is 49.1 Å². The van der Waals surface area contributed by atoms with Crippen molar-refractivity contribution in [3.8, 4) is 11.5 Å². The molecule has 0 saturated heterocycles. The van der Waals surface area contributed by atoms with Crippen molar-refractivity contribution >= 4 is 23.1 Å². The summed E-state index contributed by atoms with van der Waals surface area (Å²) in [5.74, 6) is 0.542. The van der Waals surface area contributed by atoms with Gasteiger partial charge in [0, 0.05) is 12.6 Å². The fraction of sp³-hybridized carbons (Fsp3) is 0.304. The standard InChI is InChI=1S/C23H26N2O4/c1-6-11-25-22(26)20(16-8-7-14(2)15(3)12-16)21(23(25)27)24-18-10-9-17(28-4)13-19(18)29-5/h7-10,12-13,24H,6,11H2,1-5H3. The molecule has 2 aromatic carbocycles. The maximum atomic E-state index is 13.1. The average Bonchev–Trinajstić information content (AvgIpc) is 2.95. The van der Waals surface area contributed by atoms with Gasteiger partial charge in [0.1, 0.15) is 17.2 Å². The monoisotopic (exact) mass is 394 g/mol. The minimum atomic E-state index is -0.331. The second-order valence-electron chi connectivity index (χ2n) is 7.00. The number of nitrogens with one attached hydrogen (secondary N) is 1. The lowest BCUT2D eigenvalue weighted by Crippen LogP contribution is -2.33. The number of aryl methyl sites for hydroxylation is 2. The lowest BCUT2D eigenvalue weighted by atomic mass is 9.99. The first-order chi connectivity index (χ1) is 13.9. The normalized spacial score (nSPS) is 13.9. The van der Waals surface area contributed by atoms with Crippen LogP contribution < -0.4 is 14.8 Å². The van der Waals surface area contributed by atoms with Crippen LogP contribution in [0.3, 0.4) is 0 Å². The summed E-state index contributed by atoms with van der Waals surface area (Å²) in [7, 11) is 3.12. The fourth-order valence-corrected chi connectivity index (χ4v) is 3.32. The number of amides is 2. The average molecular weight is 394 g/mol. The van der Waals surface area contributed by atoms with Crippen molar-refractivity contribution in [2.45, 2.75) is 27.2 Å². The molecule has 2 aromatic rings. The Morgan fingerprint density at radius 2 is 1.69 bits per heavy atom. The molecule has 0 aliphatic carbocycles. The second-order valence-corrected chi connectivity index (χ2v) is 7.00. The Bertz CT molecular complexity index is 994. The van der Waals surface area contributed by atoms with E-state index in [1.807, 2.05) is 39.0 Å². The van der Waals surface area contributed by atoms with E-state index in [1.165, 1.54) is 4.90 Å². The number of nitrogens with zero attached hydrogens (tertiary/aromatic N) is 1. The zero-order valence-electron chi connectivity index (χ0n) is 17.5. The van der Waals surface area contributed by atoms with Crippen LogP contribution in [0.15, 0.2) is 42.1 Å². The summed E-state index contributed by atoms with van der Waals surface area (Å²) in [4.78, 5) is 27.5. The molecule has 1 aliphatic heterocycles. The molecule has 6 nitrogen and oxygen atoms in total. The molecule has 0 saturated carbocycles. The highest BCUT2D eigenvalue weighted by Crippen LogP contribution is 2.35. The maximum absolute atomic E-state index is 13.1. The van der Waals surface area contributed by atoms with Gasteiger partial charge in [-0.25, -0.2) is 0 Å². The molecule has 1 heterocycles. The van der Waals surface area contributed by atoms with Crippen LogP contribution in [0.5, 0.6) is 11.5 Å². The van der Waals surface area contributed by atoms with Gasteiger partial charge < -0.3 is 14.8 Å². The molecule has 0 fully saturated rings. The molecule has 29 heavy (non-hydrogen) atoms. The summed E-state index contributed by atoms with van der Waals surface area (Å²) >= 11 is 0. The molecule has 6 heteroatoms. The van der Waals surface area contributed by atoms with Crippen molar-refractivity contribution in [3.63, 3.8) is 0 Å². The van der Waals surface area contributed by atoms with Crippen LogP contribution >= 0.6 is 0 Å². The second kappa shape index (κ2) is 8.39. The van der Waals surface area contributed by atoms with E-state index in [0.29, 0.717) is 35.7 Å². The highest BCUT2D eigenvalue weighted by molar-refractivity contribution is 6.36. The summed E-state index contributed by atoms with van der Waals surface area (Å²) < 4.78 is 10.7. The third-order valence-corrected chi connectivity index (χ3v) is 5.08. The van der Waals surface area contributed by atoms with E-state index >= 15 is 0 Å². The number of ether oxygens (including phenoxy) is 2. The van der Waals surface area contributed by atoms with E-state index in [1.54, 1.807) is 32.4 Å². The summed E-state index contributed by atoms with van der Waals surface area (Å²) in [5, 5.41) is 3.15. The lowest BCUT2D eigenvalue weighted by molar-refractivity contribution is -0.136. The summed E-state index contributed by atoms with van der Waals surface area (Å²) in [6, 6.07) is 11.0. The minimum absolute atomic E-state index is 0.259. The zero-order chi connectivity index (χ0) is 21.1. The first kappa shape index (κ1) is 20.5. The van der Waals surface area contributed by atoms with Gasteiger partial charge in [0.2, 0.25) is 0 Å². The van der Waals surface area contributed by atoms with Crippen LogP contribution in [0, 0.1) is 13.8 Å². The van der Waals surface area contributed by atoms with E-state index in [-0.39, 0.29) is 17.5 Å². The van der Waals surface area contributed by atoms with E-state index in [9.17, 15) is 9.59 Å². The van der Waals surface area contributed by atoms with Gasteiger partial charge in [0.15, 0.2) is 0 Å². The fourth-order valence-electron chi connectivity index (χ4n) is 3.32. The number of imide groups is 1. The number of carbonyl (C=O) groups is 2. The predicted octanol–water partition coefficient (Wildman–Crippen LogP) is 3.92. The molecule has 0 unspecified atom stereocenters. The quantitative estimate of drug-likeness (QED) is 0.721. The van der Waals surface area contributed by atoms with Gasteiger partial charge in [-0.15, -0.1) is 0 Å². The third kappa shape index (κ3) is 3.83. The maximum Gasteiger partial charge on any atom is 0.278 e. The summed E-state index contributed by atoms with van der Waals surface area (Å²) in [6.07, 6.45) is 0.691. The van der Waals surface area contributed by atoms with Crippen LogP contribution in [0.25, 0.3) is 5.57 Å². The Morgan fingerprint density at radius 1 is 0.931 bits per heavy atom. The van der Waals surface area contributed by atoms with Crippen molar-refractivity contribution in [2.75, 3.05) is 26.1 Å². The number of rotatable bonds is 7. The molecule has 1 aliphatic rings. The van der Waals surface area contributed by atoms with Crippen molar-refractivity contribution in [1.29, 1.82) is 0 Å². The molecular formula is C23H26N2O4. The Hall–Kier alpha value is -3.28. The van der Waals surface area contributed by atoms with Crippen LogP contribution in [-0.2, 0) is 9.59 Å². The van der Waals surface area contributed by atoms with Gasteiger partial charge in [-0.3, -0.25) is 14.5 Å². The van der Waals surface area contributed by atoms with Crippen LogP contribution in [-0.4, -0.2) is 37.5 Å². The molecule has 0 aromatic heterocycles. The van der Waals surface area contributed by atoms with Crippen LogP contribution in [0.1, 0.15) is 30.0 Å². The van der Waals surface area contributed by atoms with Crippen molar-refractivity contribution in [2.24, 2.45) is 0 Å². The van der Waals surface area contributed by atoms with Crippen molar-refractivity contribution < 1.29 is 19.1 Å². The van der Waals surface area contributed by atoms with E-state index in [2.05, 4.69) is 5.32 Å². The minimum Gasteiger partial charge on any atom is -0.497 e. The Balaban J connectivity index is 2.12. The molecule has 0 bridgehead atoms. The number of anilines is 1. The molecular weight excluding hydrogens is 368 g/mol. The molecule has 0 radical (unpaired) electrons. The van der Waals surface area contributed by atoms with Gasteiger partial charge in [0.05, 0.1) is 25.5 Å².